The molecule has 1 aromatic rings. The number of imide groups is 1. The van der Waals surface area contributed by atoms with Crippen molar-refractivity contribution in [3.63, 3.8) is 0 Å². The largest absolute Gasteiger partial charge is 0.496 e. The van der Waals surface area contributed by atoms with Crippen molar-refractivity contribution in [2.45, 2.75) is 31.2 Å². The topological polar surface area (TPSA) is 131 Å². The van der Waals surface area contributed by atoms with Crippen molar-refractivity contribution in [3.8, 4) is 5.75 Å². The van der Waals surface area contributed by atoms with Crippen molar-refractivity contribution in [1.82, 2.24) is 10.2 Å². The Bertz CT molecular complexity index is 865. The second kappa shape index (κ2) is 6.47. The third-order valence-electron chi connectivity index (χ3n) is 5.58. The number of hydrogen-bond donors (Lipinski definition) is 2. The smallest absolute Gasteiger partial charge is 0.325 e. The molecule has 10 nitrogen and oxygen atoms in total. The van der Waals surface area contributed by atoms with Gasteiger partial charge < -0.3 is 15.4 Å². The van der Waals surface area contributed by atoms with E-state index in [2.05, 4.69) is 10.6 Å². The summed E-state index contributed by atoms with van der Waals surface area (Å²) in [6, 6.07) is 3.43. The highest BCUT2D eigenvalue weighted by atomic mass is 16.6. The first-order valence-corrected chi connectivity index (χ1v) is 9.13. The lowest BCUT2D eigenvalue weighted by atomic mass is 9.87. The van der Waals surface area contributed by atoms with Gasteiger partial charge in [-0.2, -0.15) is 0 Å². The highest BCUT2D eigenvalue weighted by Gasteiger charge is 2.65. The molecule has 0 spiro atoms. The Morgan fingerprint density at radius 2 is 1.96 bits per heavy atom. The van der Waals surface area contributed by atoms with Crippen LogP contribution < -0.4 is 15.4 Å². The number of benzene rings is 1. The minimum absolute atomic E-state index is 0.0292. The molecule has 1 saturated heterocycles. The lowest BCUT2D eigenvalue weighted by molar-refractivity contribution is -0.384. The van der Waals surface area contributed by atoms with Gasteiger partial charge in [-0.05, 0) is 49.7 Å². The van der Waals surface area contributed by atoms with Crippen LogP contribution in [0.15, 0.2) is 18.2 Å². The second-order valence-corrected chi connectivity index (χ2v) is 7.43. The number of urea groups is 1. The van der Waals surface area contributed by atoms with Crippen LogP contribution in [0.2, 0.25) is 0 Å². The van der Waals surface area contributed by atoms with Gasteiger partial charge >= 0.3 is 6.03 Å². The summed E-state index contributed by atoms with van der Waals surface area (Å²) in [5, 5.41) is 16.5. The molecule has 2 N–H and O–H groups in total. The van der Waals surface area contributed by atoms with Gasteiger partial charge in [0.15, 0.2) is 0 Å². The number of methoxy groups -OCH3 is 1. The number of rotatable bonds is 7. The zero-order valence-corrected chi connectivity index (χ0v) is 15.3. The van der Waals surface area contributed by atoms with E-state index in [1.807, 2.05) is 0 Å². The van der Waals surface area contributed by atoms with Gasteiger partial charge in [0.05, 0.1) is 18.1 Å². The van der Waals surface area contributed by atoms with Crippen molar-refractivity contribution in [2.24, 2.45) is 11.8 Å². The Kier molecular flexibility index (Phi) is 4.20. The average Bonchev–Trinajstić information content (AvgIpc) is 3.56. The van der Waals surface area contributed by atoms with Crippen LogP contribution in [0.5, 0.6) is 5.75 Å². The highest BCUT2D eigenvalue weighted by Crippen LogP contribution is 2.54. The van der Waals surface area contributed by atoms with E-state index in [0.29, 0.717) is 0 Å². The van der Waals surface area contributed by atoms with Gasteiger partial charge in [0, 0.05) is 0 Å². The summed E-state index contributed by atoms with van der Waals surface area (Å²) >= 11 is 0. The molecular weight excluding hydrogens is 368 g/mol. The first-order valence-electron chi connectivity index (χ1n) is 9.13. The van der Waals surface area contributed by atoms with Crippen LogP contribution in [0.4, 0.5) is 16.2 Å². The maximum absolute atomic E-state index is 13.0. The molecule has 0 aromatic heterocycles. The van der Waals surface area contributed by atoms with Crippen molar-refractivity contribution < 1.29 is 24.0 Å². The monoisotopic (exact) mass is 388 g/mol. The van der Waals surface area contributed by atoms with Crippen LogP contribution in [-0.4, -0.2) is 46.9 Å². The molecule has 1 heterocycles. The fraction of sp³-hybridized carbons (Fsp3) is 0.500. The van der Waals surface area contributed by atoms with Crippen molar-refractivity contribution in [2.75, 3.05) is 19.0 Å². The number of carbonyl (C=O) groups is 3. The van der Waals surface area contributed by atoms with Crippen LogP contribution in [0.25, 0.3) is 0 Å². The first-order chi connectivity index (χ1) is 13.4. The third kappa shape index (κ3) is 2.94. The number of nitrogens with one attached hydrogen (secondary N) is 2. The van der Waals surface area contributed by atoms with Gasteiger partial charge in [-0.1, -0.05) is 0 Å². The molecule has 1 aromatic carbocycles. The molecule has 0 bridgehead atoms. The Morgan fingerprint density at radius 3 is 2.50 bits per heavy atom. The zero-order chi connectivity index (χ0) is 20.1. The summed E-state index contributed by atoms with van der Waals surface area (Å²) in [5.74, 6) is -0.502. The van der Waals surface area contributed by atoms with Crippen LogP contribution in [-0.2, 0) is 9.59 Å². The summed E-state index contributed by atoms with van der Waals surface area (Å²) in [5.41, 5.74) is -1.24. The maximum Gasteiger partial charge on any atom is 0.325 e. The van der Waals surface area contributed by atoms with Gasteiger partial charge in [-0.25, -0.2) is 4.79 Å². The molecule has 0 unspecified atom stereocenters. The van der Waals surface area contributed by atoms with Gasteiger partial charge in [-0.15, -0.1) is 0 Å². The molecule has 4 amide bonds. The number of nitro groups is 1. The highest BCUT2D eigenvalue weighted by molar-refractivity contribution is 6.11. The number of hydrogen-bond acceptors (Lipinski definition) is 6. The molecule has 2 aliphatic carbocycles. The fourth-order valence-electron chi connectivity index (χ4n) is 3.95. The molecule has 1 aliphatic heterocycles. The lowest BCUT2D eigenvalue weighted by Gasteiger charge is -2.26. The Balaban J connectivity index is 1.49. The number of ether oxygens (including phenoxy) is 1. The molecular formula is C18H20N4O6. The molecule has 4 rings (SSSR count). The van der Waals surface area contributed by atoms with Crippen molar-refractivity contribution in [1.29, 1.82) is 0 Å². The van der Waals surface area contributed by atoms with E-state index < -0.39 is 28.9 Å². The number of nitro benzene ring substituents is 1. The predicted octanol–water partition coefficient (Wildman–Crippen LogP) is 1.65. The van der Waals surface area contributed by atoms with Gasteiger partial charge in [0.2, 0.25) is 5.91 Å². The van der Waals surface area contributed by atoms with Crippen LogP contribution in [0.3, 0.4) is 0 Å². The molecule has 28 heavy (non-hydrogen) atoms. The predicted molar refractivity (Wildman–Crippen MR) is 96.7 cm³/mol. The Morgan fingerprint density at radius 1 is 1.32 bits per heavy atom. The summed E-state index contributed by atoms with van der Waals surface area (Å²) in [7, 11) is 1.38. The van der Waals surface area contributed by atoms with Crippen LogP contribution >= 0.6 is 0 Å². The van der Waals surface area contributed by atoms with E-state index in [1.54, 1.807) is 0 Å². The summed E-state index contributed by atoms with van der Waals surface area (Å²) in [4.78, 5) is 49.3. The third-order valence-corrected chi connectivity index (χ3v) is 5.58. The number of amides is 4. The molecule has 148 valence electrons. The number of carbonyl (C=O) groups excluding carboxylic acids is 3. The van der Waals surface area contributed by atoms with E-state index >= 15 is 0 Å². The quantitative estimate of drug-likeness (QED) is 0.415. The fourth-order valence-corrected chi connectivity index (χ4v) is 3.95. The standard InChI is InChI=1S/C18H20N4O6/c1-28-12-6-7-13(14(8-12)22(26)27)19-15(23)9-21-16(24)18(10-2-3-10,11-4-5-11)20-17(21)25/h6-8,10-11H,2-5,9H2,1H3,(H,19,23)(H,20,25). The Labute approximate surface area is 160 Å². The first kappa shape index (κ1) is 18.2. The minimum Gasteiger partial charge on any atom is -0.496 e. The summed E-state index contributed by atoms with van der Waals surface area (Å²) < 4.78 is 4.96. The van der Waals surface area contributed by atoms with E-state index in [-0.39, 0.29) is 34.9 Å². The lowest BCUT2D eigenvalue weighted by Crippen LogP contribution is -2.51. The normalized spacial score (nSPS) is 20.7. The minimum atomic E-state index is -0.872. The van der Waals surface area contributed by atoms with Crippen molar-refractivity contribution in [3.05, 3.63) is 28.3 Å². The Hall–Kier alpha value is -3.17. The van der Waals surface area contributed by atoms with E-state index in [0.717, 1.165) is 30.6 Å². The van der Waals surface area contributed by atoms with E-state index in [1.165, 1.54) is 25.3 Å². The summed E-state index contributed by atoms with van der Waals surface area (Å²) in [6.45, 7) is -0.491. The van der Waals surface area contributed by atoms with E-state index in [9.17, 15) is 24.5 Å². The van der Waals surface area contributed by atoms with Gasteiger partial charge in [0.25, 0.3) is 11.6 Å². The van der Waals surface area contributed by atoms with Crippen LogP contribution in [0, 0.1) is 22.0 Å². The second-order valence-electron chi connectivity index (χ2n) is 7.43. The molecule has 3 fully saturated rings. The zero-order valence-electron chi connectivity index (χ0n) is 15.3. The van der Waals surface area contributed by atoms with Gasteiger partial charge in [-0.3, -0.25) is 24.6 Å². The molecule has 2 saturated carbocycles. The molecule has 3 aliphatic rings. The number of anilines is 1. The van der Waals surface area contributed by atoms with E-state index in [4.69, 9.17) is 4.74 Å². The SMILES string of the molecule is COc1ccc(NC(=O)CN2C(=O)NC(C3CC3)(C3CC3)C2=O)c([N+](=O)[O-])c1. The number of nitrogens with zero attached hydrogens (tertiary/aromatic N) is 2. The van der Waals surface area contributed by atoms with Gasteiger partial charge in [0.1, 0.15) is 23.5 Å². The molecule has 0 atom stereocenters. The molecule has 0 radical (unpaired) electrons. The van der Waals surface area contributed by atoms with Crippen LogP contribution in [0.1, 0.15) is 25.7 Å². The van der Waals surface area contributed by atoms with Crippen molar-refractivity contribution >= 4 is 29.2 Å². The molecule has 10 heteroatoms. The maximum atomic E-state index is 13.0. The summed E-state index contributed by atoms with van der Waals surface area (Å²) in [6.07, 6.45) is 3.56. The average molecular weight is 388 g/mol.